The molecule has 0 atom stereocenters. The van der Waals surface area contributed by atoms with Crippen molar-refractivity contribution in [3.05, 3.63) is 29.8 Å². The Morgan fingerprint density at radius 3 is 2.79 bits per heavy atom. The van der Waals surface area contributed by atoms with E-state index in [0.29, 0.717) is 31.5 Å². The fourth-order valence-corrected chi connectivity index (χ4v) is 1.84. The molecule has 1 aliphatic heterocycles. The Labute approximate surface area is 82.0 Å². The summed E-state index contributed by atoms with van der Waals surface area (Å²) in [5.74, 6) is -0.558. The zero-order chi connectivity index (χ0) is 10.0. The smallest absolute Gasteiger partial charge is 0.218 e. The molecule has 0 aliphatic carbocycles. The normalized spacial score (nSPS) is 20.7. The zero-order valence-corrected chi connectivity index (χ0v) is 7.83. The predicted molar refractivity (Wildman–Crippen MR) is 50.2 cm³/mol. The number of rotatable bonds is 1. The van der Waals surface area contributed by atoms with Crippen molar-refractivity contribution in [2.75, 3.05) is 13.1 Å². The van der Waals surface area contributed by atoms with Crippen molar-refractivity contribution in [2.24, 2.45) is 0 Å². The van der Waals surface area contributed by atoms with Crippen molar-refractivity contribution in [1.29, 1.82) is 0 Å². The van der Waals surface area contributed by atoms with Gasteiger partial charge in [0.2, 0.25) is 5.95 Å². The number of piperidine rings is 1. The molecule has 76 valence electrons. The monoisotopic (exact) mass is 196 g/mol. The van der Waals surface area contributed by atoms with Gasteiger partial charge in [0, 0.05) is 11.8 Å². The second-order valence-electron chi connectivity index (χ2n) is 3.62. The first-order valence-corrected chi connectivity index (χ1v) is 4.76. The number of hydrogen-bond acceptors (Lipinski definition) is 3. The number of aromatic nitrogens is 1. The summed E-state index contributed by atoms with van der Waals surface area (Å²) in [6, 6.07) is 3.26. The minimum atomic E-state index is -1.04. The largest absolute Gasteiger partial charge is 0.385 e. The predicted octanol–water partition coefficient (Wildman–Crippen LogP) is 0.792. The topological polar surface area (TPSA) is 45.2 Å². The highest BCUT2D eigenvalue weighted by Crippen LogP contribution is 2.31. The van der Waals surface area contributed by atoms with Crippen LogP contribution in [0.25, 0.3) is 0 Å². The van der Waals surface area contributed by atoms with Crippen LogP contribution in [0, 0.1) is 5.95 Å². The van der Waals surface area contributed by atoms with Crippen molar-refractivity contribution < 1.29 is 9.50 Å². The van der Waals surface area contributed by atoms with Crippen LogP contribution < -0.4 is 5.32 Å². The van der Waals surface area contributed by atoms with E-state index in [1.807, 2.05) is 0 Å². The van der Waals surface area contributed by atoms with Gasteiger partial charge in [-0.3, -0.25) is 0 Å². The van der Waals surface area contributed by atoms with Crippen LogP contribution in [0.4, 0.5) is 4.39 Å². The van der Waals surface area contributed by atoms with Crippen LogP contribution >= 0.6 is 0 Å². The zero-order valence-electron chi connectivity index (χ0n) is 7.83. The maximum Gasteiger partial charge on any atom is 0.218 e. The van der Waals surface area contributed by atoms with E-state index in [1.54, 1.807) is 12.1 Å². The molecule has 1 aliphatic rings. The lowest BCUT2D eigenvalue weighted by molar-refractivity contribution is 0.00209. The van der Waals surface area contributed by atoms with E-state index < -0.39 is 11.5 Å². The quantitative estimate of drug-likeness (QED) is 0.653. The molecule has 0 aromatic carbocycles. The molecule has 4 heteroatoms. The van der Waals surface area contributed by atoms with Crippen LogP contribution in [0.15, 0.2) is 18.3 Å². The molecule has 0 unspecified atom stereocenters. The molecule has 1 aromatic rings. The number of nitrogens with one attached hydrogen (secondary N) is 1. The number of aliphatic hydroxyl groups is 1. The van der Waals surface area contributed by atoms with Crippen molar-refractivity contribution in [1.82, 2.24) is 10.3 Å². The summed E-state index contributed by atoms with van der Waals surface area (Å²) in [6.45, 7) is 1.43. The summed E-state index contributed by atoms with van der Waals surface area (Å²) in [5.41, 5.74) is -0.717. The van der Waals surface area contributed by atoms with Crippen LogP contribution in [0.1, 0.15) is 18.4 Å². The fraction of sp³-hybridized carbons (Fsp3) is 0.500. The molecule has 3 nitrogen and oxygen atoms in total. The maximum atomic E-state index is 13.3. The minimum absolute atomic E-state index is 0.321. The molecule has 14 heavy (non-hydrogen) atoms. The molecule has 2 N–H and O–H groups in total. The third kappa shape index (κ3) is 1.63. The van der Waals surface area contributed by atoms with Crippen LogP contribution in [-0.4, -0.2) is 23.2 Å². The number of halogens is 1. The first-order valence-electron chi connectivity index (χ1n) is 4.76. The van der Waals surface area contributed by atoms with Gasteiger partial charge in [-0.1, -0.05) is 6.07 Å². The van der Waals surface area contributed by atoms with Gasteiger partial charge in [0.05, 0.1) is 5.60 Å². The molecule has 0 bridgehead atoms. The minimum Gasteiger partial charge on any atom is -0.385 e. The summed E-state index contributed by atoms with van der Waals surface area (Å²) < 4.78 is 13.3. The van der Waals surface area contributed by atoms with E-state index in [2.05, 4.69) is 10.3 Å². The highest BCUT2D eigenvalue weighted by molar-refractivity contribution is 5.20. The number of pyridine rings is 1. The van der Waals surface area contributed by atoms with Gasteiger partial charge in [-0.25, -0.2) is 4.98 Å². The van der Waals surface area contributed by atoms with Gasteiger partial charge in [0.15, 0.2) is 0 Å². The van der Waals surface area contributed by atoms with E-state index in [9.17, 15) is 9.50 Å². The Morgan fingerprint density at radius 1 is 1.43 bits per heavy atom. The van der Waals surface area contributed by atoms with Gasteiger partial charge in [0.25, 0.3) is 0 Å². The highest BCUT2D eigenvalue weighted by atomic mass is 19.1. The Morgan fingerprint density at radius 2 is 2.14 bits per heavy atom. The average Bonchev–Trinajstić information content (AvgIpc) is 2.19. The number of nitrogens with zero attached hydrogens (tertiary/aromatic N) is 1. The van der Waals surface area contributed by atoms with Crippen molar-refractivity contribution in [3.8, 4) is 0 Å². The van der Waals surface area contributed by atoms with Gasteiger partial charge in [-0.15, -0.1) is 0 Å². The highest BCUT2D eigenvalue weighted by Gasteiger charge is 2.33. The summed E-state index contributed by atoms with van der Waals surface area (Å²) in [5, 5.41) is 13.3. The second kappa shape index (κ2) is 3.63. The SMILES string of the molecule is OC1(c2cccnc2F)CCNCC1. The molecule has 1 fully saturated rings. The fourth-order valence-electron chi connectivity index (χ4n) is 1.84. The van der Waals surface area contributed by atoms with Crippen LogP contribution in [0.2, 0.25) is 0 Å². The van der Waals surface area contributed by atoms with E-state index in [1.165, 1.54) is 6.20 Å². The molecule has 1 aromatic heterocycles. The van der Waals surface area contributed by atoms with Gasteiger partial charge in [0.1, 0.15) is 0 Å². The van der Waals surface area contributed by atoms with Crippen molar-refractivity contribution in [3.63, 3.8) is 0 Å². The molecule has 0 spiro atoms. The van der Waals surface area contributed by atoms with Gasteiger partial charge >= 0.3 is 0 Å². The van der Waals surface area contributed by atoms with E-state index in [-0.39, 0.29) is 0 Å². The molecule has 0 amide bonds. The average molecular weight is 196 g/mol. The van der Waals surface area contributed by atoms with Crippen molar-refractivity contribution in [2.45, 2.75) is 18.4 Å². The molecule has 2 rings (SSSR count). The van der Waals surface area contributed by atoms with Crippen LogP contribution in [0.3, 0.4) is 0 Å². The molecule has 0 radical (unpaired) electrons. The summed E-state index contributed by atoms with van der Waals surface area (Å²) >= 11 is 0. The van der Waals surface area contributed by atoms with Crippen LogP contribution in [0.5, 0.6) is 0 Å². The van der Waals surface area contributed by atoms with E-state index >= 15 is 0 Å². The molecular formula is C10H13FN2O. The first kappa shape index (κ1) is 9.55. The lowest BCUT2D eigenvalue weighted by atomic mass is 9.86. The van der Waals surface area contributed by atoms with Gasteiger partial charge < -0.3 is 10.4 Å². The molecule has 1 saturated heterocycles. The van der Waals surface area contributed by atoms with Gasteiger partial charge in [-0.05, 0) is 32.0 Å². The third-order valence-corrected chi connectivity index (χ3v) is 2.69. The summed E-state index contributed by atoms with van der Waals surface area (Å²) in [4.78, 5) is 3.55. The Hall–Kier alpha value is -1.00. The number of hydrogen-bond donors (Lipinski definition) is 2. The second-order valence-corrected chi connectivity index (χ2v) is 3.62. The van der Waals surface area contributed by atoms with E-state index in [4.69, 9.17) is 0 Å². The third-order valence-electron chi connectivity index (χ3n) is 2.69. The Balaban J connectivity index is 2.32. The lowest BCUT2D eigenvalue weighted by Crippen LogP contribution is -2.40. The van der Waals surface area contributed by atoms with Crippen molar-refractivity contribution >= 4 is 0 Å². The Kier molecular flexibility index (Phi) is 2.48. The summed E-state index contributed by atoms with van der Waals surface area (Å²) in [7, 11) is 0. The lowest BCUT2D eigenvalue weighted by Gasteiger charge is -2.32. The Bertz CT molecular complexity index is 324. The maximum absolute atomic E-state index is 13.3. The standard InChI is InChI=1S/C10H13FN2O/c11-9-8(2-1-5-13-9)10(14)3-6-12-7-4-10/h1-2,5,12,14H,3-4,6-7H2. The molecule has 2 heterocycles. The van der Waals surface area contributed by atoms with E-state index in [0.717, 1.165) is 0 Å². The van der Waals surface area contributed by atoms with Crippen LogP contribution in [-0.2, 0) is 5.60 Å². The van der Waals surface area contributed by atoms with Gasteiger partial charge in [-0.2, -0.15) is 4.39 Å². The molecule has 0 saturated carbocycles. The summed E-state index contributed by atoms with van der Waals surface area (Å²) in [6.07, 6.45) is 2.47. The first-order chi connectivity index (χ1) is 6.72. The molecular weight excluding hydrogens is 183 g/mol.